The van der Waals surface area contributed by atoms with Gasteiger partial charge in [-0.3, -0.25) is 4.52 Å². The Kier molecular flexibility index (Phi) is 8.52. The molecule has 0 atom stereocenters. The van der Waals surface area contributed by atoms with Gasteiger partial charge in [0, 0.05) is 28.4 Å². The molecule has 5 heteroatoms. The molecule has 194 valence electrons. The van der Waals surface area contributed by atoms with Crippen LogP contribution in [-0.2, 0) is 23.7 Å². The van der Waals surface area contributed by atoms with Gasteiger partial charge in [-0.2, -0.15) is 0 Å². The van der Waals surface area contributed by atoms with Crippen LogP contribution in [0.15, 0.2) is 32.7 Å². The zero-order valence-electron chi connectivity index (χ0n) is 23.5. The minimum Gasteiger partial charge on any atom is -0.399 e. The maximum atomic E-state index is 6.61. The number of hydrogen-bond donors (Lipinski definition) is 1. The van der Waals surface area contributed by atoms with E-state index >= 15 is 0 Å². The van der Waals surface area contributed by atoms with E-state index in [9.17, 15) is 0 Å². The minimum absolute atomic E-state index is 0.0984. The van der Waals surface area contributed by atoms with Crippen molar-refractivity contribution >= 4 is 30.2 Å². The van der Waals surface area contributed by atoms with Gasteiger partial charge >= 0.3 is 8.24 Å². The monoisotopic (exact) mass is 499 g/mol. The lowest BCUT2D eigenvalue weighted by Gasteiger charge is -2.22. The van der Waals surface area contributed by atoms with Crippen LogP contribution in [0.5, 0.6) is 0 Å². The summed E-state index contributed by atoms with van der Waals surface area (Å²) in [6.07, 6.45) is 2.03. The van der Waals surface area contributed by atoms with E-state index in [1.807, 2.05) is 0 Å². The summed E-state index contributed by atoms with van der Waals surface area (Å²) in [5, 5.41) is 2.22. The Morgan fingerprint density at radius 3 is 1.46 bits per heavy atom. The summed E-state index contributed by atoms with van der Waals surface area (Å²) in [6.45, 7) is 23.4. The van der Waals surface area contributed by atoms with Gasteiger partial charge in [-0.05, 0) is 58.8 Å². The maximum absolute atomic E-state index is 6.61. The minimum atomic E-state index is -1.64. The molecule has 0 amide bonds. The Hall–Kier alpha value is -1.74. The van der Waals surface area contributed by atoms with Gasteiger partial charge in [0.05, 0.1) is 6.61 Å². The van der Waals surface area contributed by atoms with Gasteiger partial charge in [-0.15, -0.1) is 0 Å². The SMILES string of the molecule is CC(C)Cc1cc(C(C)(C)C)c2op(OCCN)oc3c(C(C)(C)C)cc(CC(C)C)cc3c2c1. The first-order chi connectivity index (χ1) is 16.2. The Morgan fingerprint density at radius 1 is 0.743 bits per heavy atom. The number of rotatable bonds is 7. The van der Waals surface area contributed by atoms with E-state index in [2.05, 4.69) is 93.5 Å². The zero-order valence-corrected chi connectivity index (χ0v) is 24.4. The number of fused-ring (bicyclic) bond motifs is 3. The molecule has 35 heavy (non-hydrogen) atoms. The highest BCUT2D eigenvalue weighted by Gasteiger charge is 2.25. The van der Waals surface area contributed by atoms with Crippen molar-refractivity contribution in [3.63, 3.8) is 0 Å². The molecule has 0 saturated heterocycles. The lowest BCUT2D eigenvalue weighted by Crippen LogP contribution is -2.13. The molecule has 0 aliphatic heterocycles. The molecule has 0 radical (unpaired) electrons. The van der Waals surface area contributed by atoms with Crippen molar-refractivity contribution in [1.82, 2.24) is 0 Å². The third-order valence-corrected chi connectivity index (χ3v) is 7.19. The van der Waals surface area contributed by atoms with Crippen molar-refractivity contribution in [2.24, 2.45) is 17.6 Å². The van der Waals surface area contributed by atoms with Crippen LogP contribution in [0.1, 0.15) is 91.5 Å². The smallest absolute Gasteiger partial charge is 0.387 e. The second-order valence-corrected chi connectivity index (χ2v) is 13.8. The summed E-state index contributed by atoms with van der Waals surface area (Å²) >= 11 is 0. The number of nitrogens with two attached hydrogens (primary N) is 1. The Labute approximate surface area is 213 Å². The average Bonchev–Trinajstić information content (AvgIpc) is 2.85. The van der Waals surface area contributed by atoms with E-state index in [-0.39, 0.29) is 10.8 Å². The first-order valence-corrected chi connectivity index (χ1v) is 14.1. The second-order valence-electron chi connectivity index (χ2n) is 12.8. The van der Waals surface area contributed by atoms with Gasteiger partial charge in [0.15, 0.2) is 0 Å². The van der Waals surface area contributed by atoms with Crippen molar-refractivity contribution in [3.8, 4) is 0 Å². The molecule has 0 aliphatic carbocycles. The summed E-state index contributed by atoms with van der Waals surface area (Å²) in [5.41, 5.74) is 12.4. The van der Waals surface area contributed by atoms with Crippen LogP contribution >= 0.6 is 8.24 Å². The van der Waals surface area contributed by atoms with Gasteiger partial charge in [-0.25, -0.2) is 0 Å². The van der Waals surface area contributed by atoms with E-state index < -0.39 is 8.24 Å². The van der Waals surface area contributed by atoms with Crippen LogP contribution < -0.4 is 10.3 Å². The molecule has 1 heterocycles. The highest BCUT2D eigenvalue weighted by Crippen LogP contribution is 2.43. The molecule has 0 unspecified atom stereocenters. The van der Waals surface area contributed by atoms with Gasteiger partial charge in [0.25, 0.3) is 0 Å². The molecular formula is C30H46NO3P. The number of hydrogen-bond acceptors (Lipinski definition) is 4. The topological polar surface area (TPSA) is 61.5 Å². The van der Waals surface area contributed by atoms with Crippen LogP contribution in [0.3, 0.4) is 0 Å². The Balaban J connectivity index is 2.60. The van der Waals surface area contributed by atoms with Crippen LogP contribution in [0.2, 0.25) is 0 Å². The van der Waals surface area contributed by atoms with E-state index in [0.717, 1.165) is 34.8 Å². The molecule has 4 nitrogen and oxygen atoms in total. The van der Waals surface area contributed by atoms with Gasteiger partial charge < -0.3 is 14.1 Å². The van der Waals surface area contributed by atoms with Crippen LogP contribution in [0.4, 0.5) is 0 Å². The Bertz CT molecular complexity index is 1120. The van der Waals surface area contributed by atoms with Gasteiger partial charge in [-0.1, -0.05) is 81.4 Å². The fourth-order valence-corrected chi connectivity index (χ4v) is 5.70. The van der Waals surface area contributed by atoms with Crippen molar-refractivity contribution in [2.45, 2.75) is 92.9 Å². The lowest BCUT2D eigenvalue weighted by atomic mass is 9.81. The fraction of sp³-hybridized carbons (Fsp3) is 0.600. The van der Waals surface area contributed by atoms with Crippen LogP contribution in [0.25, 0.3) is 21.9 Å². The normalized spacial score (nSPS) is 12.9. The fourth-order valence-electron chi connectivity index (χ4n) is 4.61. The van der Waals surface area contributed by atoms with Crippen molar-refractivity contribution in [3.05, 3.63) is 46.5 Å². The third kappa shape index (κ3) is 6.73. The van der Waals surface area contributed by atoms with Gasteiger partial charge in [0.1, 0.15) is 11.2 Å². The first kappa shape index (κ1) is 27.8. The molecule has 1 aromatic heterocycles. The van der Waals surface area contributed by atoms with E-state index in [1.54, 1.807) is 0 Å². The van der Waals surface area contributed by atoms with Crippen molar-refractivity contribution in [1.29, 1.82) is 0 Å². The van der Waals surface area contributed by atoms with E-state index in [0.29, 0.717) is 25.0 Å². The summed E-state index contributed by atoms with van der Waals surface area (Å²) in [5.74, 6) is 1.12. The molecule has 0 aliphatic rings. The standard InChI is InChI=1S/C30H46NO3P/c1-19(2)13-21-15-23-24-16-22(14-20(3)4)18-26(30(8,9)10)28(24)34-35(32-12-11-31)33-27(23)25(17-21)29(5,6)7/h15-20H,11-14,31H2,1-10H3. The molecule has 0 spiro atoms. The zero-order chi connectivity index (χ0) is 26.1. The van der Waals surface area contributed by atoms with E-state index in [4.69, 9.17) is 18.7 Å². The summed E-state index contributed by atoms with van der Waals surface area (Å²) < 4.78 is 19.3. The molecule has 0 bridgehead atoms. The maximum Gasteiger partial charge on any atom is 0.387 e. The van der Waals surface area contributed by atoms with Crippen molar-refractivity contribution in [2.75, 3.05) is 13.2 Å². The largest absolute Gasteiger partial charge is 0.399 e. The quantitative estimate of drug-likeness (QED) is 0.353. The summed E-state index contributed by atoms with van der Waals surface area (Å²) in [6, 6.07) is 9.28. The molecular weight excluding hydrogens is 453 g/mol. The molecule has 2 aromatic carbocycles. The highest BCUT2D eigenvalue weighted by atomic mass is 31.1. The second kappa shape index (κ2) is 10.7. The summed E-state index contributed by atoms with van der Waals surface area (Å²) in [7, 11) is -1.64. The predicted molar refractivity (Wildman–Crippen MR) is 151 cm³/mol. The highest BCUT2D eigenvalue weighted by molar-refractivity contribution is 7.31. The third-order valence-electron chi connectivity index (χ3n) is 6.14. The molecule has 3 rings (SSSR count). The van der Waals surface area contributed by atoms with Crippen LogP contribution in [-0.4, -0.2) is 13.2 Å². The lowest BCUT2D eigenvalue weighted by molar-refractivity contribution is 0.380. The molecule has 2 N–H and O–H groups in total. The predicted octanol–water partition coefficient (Wildman–Crippen LogP) is 8.67. The molecule has 3 aromatic rings. The summed E-state index contributed by atoms with van der Waals surface area (Å²) in [4.78, 5) is 0. The van der Waals surface area contributed by atoms with Gasteiger partial charge in [0.2, 0.25) is 0 Å². The van der Waals surface area contributed by atoms with Crippen LogP contribution in [0, 0.1) is 11.8 Å². The molecule has 0 fully saturated rings. The molecule has 0 saturated carbocycles. The number of benzene rings is 2. The van der Waals surface area contributed by atoms with Crippen molar-refractivity contribution < 1.29 is 12.9 Å². The van der Waals surface area contributed by atoms with E-state index in [1.165, 1.54) is 22.3 Å². The Morgan fingerprint density at radius 2 is 1.14 bits per heavy atom. The average molecular weight is 500 g/mol. The first-order valence-electron chi connectivity index (χ1n) is 13.0.